The molecule has 2 N–H and O–H groups in total. The molecule has 2 amide bonds. The number of benzene rings is 1. The van der Waals surface area contributed by atoms with Gasteiger partial charge in [0.25, 0.3) is 0 Å². The van der Waals surface area contributed by atoms with Crippen molar-refractivity contribution in [3.63, 3.8) is 0 Å². The second-order valence-electron chi connectivity index (χ2n) is 17.4. The van der Waals surface area contributed by atoms with E-state index in [1.807, 2.05) is 12.1 Å². The van der Waals surface area contributed by atoms with Gasteiger partial charge in [0.2, 0.25) is 17.9 Å². The number of hydroxylamine groups is 2. The molecular weight excluding hydrogens is 750 g/mol. The third kappa shape index (κ3) is 8.04. The maximum atomic E-state index is 15.2. The third-order valence-electron chi connectivity index (χ3n) is 12.7. The average molecular weight is 810 g/mol. The van der Waals surface area contributed by atoms with Crippen LogP contribution in [0, 0.1) is 10.8 Å². The van der Waals surface area contributed by atoms with Gasteiger partial charge in [-0.05, 0) is 42.9 Å². The largest absolute Gasteiger partial charge is 0.462 e. The zero-order valence-corrected chi connectivity index (χ0v) is 34.2. The molecule has 0 radical (unpaired) electrons. The van der Waals surface area contributed by atoms with Crippen LogP contribution >= 0.6 is 0 Å². The van der Waals surface area contributed by atoms with Crippen molar-refractivity contribution in [2.24, 2.45) is 10.8 Å². The molecule has 8 atom stereocenters. The number of esters is 3. The van der Waals surface area contributed by atoms with Crippen molar-refractivity contribution in [3.8, 4) is 0 Å². The van der Waals surface area contributed by atoms with Crippen molar-refractivity contribution in [3.05, 3.63) is 41.5 Å². The molecule has 1 saturated carbocycles. The van der Waals surface area contributed by atoms with Crippen LogP contribution in [0.25, 0.3) is 6.08 Å². The number of nitrogens with zero attached hydrogens (tertiary/aromatic N) is 2. The molecule has 6 aliphatic rings. The Morgan fingerprint density at radius 1 is 0.983 bits per heavy atom. The van der Waals surface area contributed by atoms with Crippen molar-refractivity contribution in [1.82, 2.24) is 15.3 Å². The lowest BCUT2D eigenvalue weighted by atomic mass is 9.62. The quantitative estimate of drug-likeness (QED) is 0.101. The van der Waals surface area contributed by atoms with Gasteiger partial charge in [-0.1, -0.05) is 77.6 Å². The number of amides is 2. The Kier molecular flexibility index (Phi) is 12.7. The van der Waals surface area contributed by atoms with Gasteiger partial charge < -0.3 is 39.0 Å². The topological polar surface area (TPSA) is 179 Å². The number of fused-ring (bicyclic) bond motifs is 4. The van der Waals surface area contributed by atoms with E-state index in [0.29, 0.717) is 37.8 Å². The zero-order chi connectivity index (χ0) is 41.2. The summed E-state index contributed by atoms with van der Waals surface area (Å²) < 4.78 is 30.5. The maximum Gasteiger partial charge on any atom is 0.348 e. The third-order valence-corrected chi connectivity index (χ3v) is 12.7. The lowest BCUT2D eigenvalue weighted by Gasteiger charge is -2.50. The summed E-state index contributed by atoms with van der Waals surface area (Å²) in [4.78, 5) is 76.0. The number of nitrogens with one attached hydrogen (secondary N) is 1. The van der Waals surface area contributed by atoms with Gasteiger partial charge in [0.1, 0.15) is 42.5 Å². The predicted molar refractivity (Wildman–Crippen MR) is 207 cm³/mol. The molecule has 1 aromatic rings. The minimum Gasteiger partial charge on any atom is -0.462 e. The van der Waals surface area contributed by atoms with Crippen LogP contribution in [0.4, 0.5) is 0 Å². The predicted octanol–water partition coefficient (Wildman–Crippen LogP) is 3.73. The van der Waals surface area contributed by atoms with E-state index in [1.165, 1.54) is 6.08 Å². The molecule has 15 nitrogen and oxygen atoms in total. The Bertz CT molecular complexity index is 1720. The Balaban J connectivity index is 1.16. The van der Waals surface area contributed by atoms with Crippen molar-refractivity contribution in [2.45, 2.75) is 153 Å². The average Bonchev–Trinajstić information content (AvgIpc) is 3.98. The smallest absolute Gasteiger partial charge is 0.348 e. The monoisotopic (exact) mass is 809 g/mol. The Labute approximate surface area is 340 Å². The molecule has 1 aliphatic carbocycles. The van der Waals surface area contributed by atoms with Gasteiger partial charge >= 0.3 is 17.9 Å². The molecule has 15 heteroatoms. The Morgan fingerprint density at radius 3 is 2.34 bits per heavy atom. The molecule has 5 aliphatic heterocycles. The maximum absolute atomic E-state index is 15.2. The van der Waals surface area contributed by atoms with Crippen molar-refractivity contribution in [2.75, 3.05) is 26.3 Å². The van der Waals surface area contributed by atoms with Gasteiger partial charge in [-0.25, -0.2) is 9.59 Å². The van der Waals surface area contributed by atoms with Gasteiger partial charge in [0.05, 0.1) is 13.2 Å². The molecule has 8 unspecified atom stereocenters. The zero-order valence-electron chi connectivity index (χ0n) is 34.2. The van der Waals surface area contributed by atoms with Crippen molar-refractivity contribution >= 4 is 35.8 Å². The second-order valence-corrected chi connectivity index (χ2v) is 17.4. The Hall–Kier alpha value is -3.89. The number of carbonyl (C=O) groups excluding carboxylic acids is 5. The van der Waals surface area contributed by atoms with Crippen LogP contribution in [0.1, 0.15) is 109 Å². The number of carbonyl (C=O) groups is 5. The van der Waals surface area contributed by atoms with E-state index in [2.05, 4.69) is 19.2 Å². The van der Waals surface area contributed by atoms with Crippen LogP contribution in [0.2, 0.25) is 0 Å². The minimum atomic E-state index is -1.42. The summed E-state index contributed by atoms with van der Waals surface area (Å²) in [6.07, 6.45) is 7.32. The second kappa shape index (κ2) is 17.4. The van der Waals surface area contributed by atoms with Gasteiger partial charge in [0.15, 0.2) is 11.8 Å². The summed E-state index contributed by atoms with van der Waals surface area (Å²) in [6, 6.07) is 5.41. The van der Waals surface area contributed by atoms with Crippen LogP contribution in [0.3, 0.4) is 0 Å². The molecule has 1 aromatic carbocycles. The first-order chi connectivity index (χ1) is 27.9. The van der Waals surface area contributed by atoms with Crippen LogP contribution in [0.5, 0.6) is 0 Å². The SMILES string of the molecule is CCCCCC1(CCCCC)OC2C3CC4(C(=O)N5CCCC5C(=O)NCCO)C(ON(Cc5ccc(C=CC(=O)OC6C(=O)OCC6(C)C)cc5)C4C(=O)O3)C2O1. The van der Waals surface area contributed by atoms with E-state index in [-0.39, 0.29) is 44.5 Å². The highest BCUT2D eigenvalue weighted by molar-refractivity contribution is 5.96. The molecule has 318 valence electrons. The molecule has 5 heterocycles. The van der Waals surface area contributed by atoms with Gasteiger partial charge in [-0.15, -0.1) is 0 Å². The lowest BCUT2D eigenvalue weighted by Crippen LogP contribution is -2.70. The van der Waals surface area contributed by atoms with Crippen molar-refractivity contribution in [1.29, 1.82) is 0 Å². The fraction of sp³-hybridized carbons (Fsp3) is 0.698. The Morgan fingerprint density at radius 2 is 1.69 bits per heavy atom. The molecule has 2 bridgehead atoms. The molecule has 58 heavy (non-hydrogen) atoms. The summed E-state index contributed by atoms with van der Waals surface area (Å²) in [7, 11) is 0. The van der Waals surface area contributed by atoms with Crippen molar-refractivity contribution < 1.29 is 57.6 Å². The number of rotatable bonds is 17. The molecule has 0 aromatic heterocycles. The number of likely N-dealkylation sites (tertiary alicyclic amines) is 1. The van der Waals surface area contributed by atoms with E-state index in [4.69, 9.17) is 28.5 Å². The number of aliphatic hydroxyl groups is 1. The first-order valence-electron chi connectivity index (χ1n) is 21.2. The fourth-order valence-electron chi connectivity index (χ4n) is 9.69. The number of hydrogen-bond acceptors (Lipinski definition) is 13. The van der Waals surface area contributed by atoms with E-state index in [1.54, 1.807) is 42.0 Å². The van der Waals surface area contributed by atoms with E-state index < -0.39 is 77.1 Å². The van der Waals surface area contributed by atoms with Gasteiger partial charge in [-0.2, -0.15) is 5.06 Å². The number of hydrogen-bond donors (Lipinski definition) is 2. The summed E-state index contributed by atoms with van der Waals surface area (Å²) in [5.41, 5.74) is -0.585. The molecular formula is C43H59N3O12. The summed E-state index contributed by atoms with van der Waals surface area (Å²) >= 11 is 0. The lowest BCUT2D eigenvalue weighted by molar-refractivity contribution is -0.225. The van der Waals surface area contributed by atoms with Crippen LogP contribution < -0.4 is 5.32 Å². The highest BCUT2D eigenvalue weighted by atomic mass is 16.8. The van der Waals surface area contributed by atoms with E-state index in [9.17, 15) is 24.3 Å². The number of ether oxygens (including phenoxy) is 5. The summed E-state index contributed by atoms with van der Waals surface area (Å²) in [6.45, 7) is 8.37. The number of aliphatic hydroxyl groups excluding tert-OH is 1. The first-order valence-corrected chi connectivity index (χ1v) is 21.2. The minimum absolute atomic E-state index is 0.0695. The summed E-state index contributed by atoms with van der Waals surface area (Å²) in [5.74, 6) is -3.41. The number of unbranched alkanes of at least 4 members (excludes halogenated alkanes) is 4. The molecule has 6 fully saturated rings. The van der Waals surface area contributed by atoms with Gasteiger partial charge in [-0.3, -0.25) is 19.2 Å². The molecule has 5 saturated heterocycles. The first kappa shape index (κ1) is 42.2. The van der Waals surface area contributed by atoms with E-state index >= 15 is 4.79 Å². The van der Waals surface area contributed by atoms with Gasteiger partial charge in [0, 0.05) is 43.8 Å². The fourth-order valence-corrected chi connectivity index (χ4v) is 9.69. The van der Waals surface area contributed by atoms with E-state index in [0.717, 1.165) is 44.1 Å². The normalized spacial score (nSPS) is 31.9. The molecule has 0 spiro atoms. The highest BCUT2D eigenvalue weighted by Crippen LogP contribution is 2.59. The van der Waals surface area contributed by atoms with Crippen LogP contribution in [0.15, 0.2) is 30.3 Å². The van der Waals surface area contributed by atoms with Crippen LogP contribution in [-0.2, 0) is 59.0 Å². The standard InChI is InChI=1S/C43H59N3O12/c1-5-7-9-19-42(20-10-8-6-2)56-32-30-24-43(40(52)45-22-11-12-29(45)37(49)44-21-23-47)34(38(50)54-30)46(58-35(43)33(32)57-42)25-28-15-13-27(14-16-28)17-18-31(48)55-36-39(51)53-26-41(36,3)4/h13-18,29-30,32-36,47H,5-12,19-26H2,1-4H3,(H,44,49). The molecule has 7 rings (SSSR count). The highest BCUT2D eigenvalue weighted by Gasteiger charge is 2.77. The summed E-state index contributed by atoms with van der Waals surface area (Å²) in [5, 5.41) is 13.7. The van der Waals surface area contributed by atoms with Crippen LogP contribution in [-0.4, -0.2) is 119 Å². The number of cyclic esters (lactones) is 1.